The first-order valence-electron chi connectivity index (χ1n) is 5.74. The van der Waals surface area contributed by atoms with Crippen molar-refractivity contribution in [2.45, 2.75) is 20.4 Å². The maximum Gasteiger partial charge on any atom is 0.268 e. The third-order valence-electron chi connectivity index (χ3n) is 3.11. The maximum absolute atomic E-state index is 12.0. The first kappa shape index (κ1) is 13.4. The summed E-state index contributed by atoms with van der Waals surface area (Å²) in [4.78, 5) is 23.7. The number of nitrogens with one attached hydrogen (secondary N) is 1. The van der Waals surface area contributed by atoms with Gasteiger partial charge in [-0.3, -0.25) is 14.7 Å². The summed E-state index contributed by atoms with van der Waals surface area (Å²) in [6.45, 7) is 3.51. The van der Waals surface area contributed by atoms with E-state index in [4.69, 9.17) is 17.3 Å². The van der Waals surface area contributed by atoms with E-state index in [1.807, 2.05) is 0 Å². The van der Waals surface area contributed by atoms with Gasteiger partial charge >= 0.3 is 0 Å². The summed E-state index contributed by atoms with van der Waals surface area (Å²) >= 11 is 5.83. The number of anilines is 1. The monoisotopic (exact) mass is 279 g/mol. The molecule has 0 aliphatic rings. The lowest BCUT2D eigenvalue weighted by molar-refractivity contribution is 0.618. The van der Waals surface area contributed by atoms with E-state index in [-0.39, 0.29) is 17.7 Å². The van der Waals surface area contributed by atoms with E-state index in [0.717, 1.165) is 5.56 Å². The number of hydrogen-bond acceptors (Lipinski definition) is 3. The van der Waals surface area contributed by atoms with Crippen molar-refractivity contribution in [3.05, 3.63) is 60.6 Å². The van der Waals surface area contributed by atoms with Crippen LogP contribution >= 0.6 is 11.6 Å². The van der Waals surface area contributed by atoms with Gasteiger partial charge in [0.1, 0.15) is 0 Å². The highest BCUT2D eigenvalue weighted by atomic mass is 35.5. The van der Waals surface area contributed by atoms with Gasteiger partial charge in [0, 0.05) is 11.1 Å². The van der Waals surface area contributed by atoms with E-state index in [9.17, 15) is 9.59 Å². The number of aromatic nitrogens is 2. The highest BCUT2D eigenvalue weighted by Gasteiger charge is 2.08. The third kappa shape index (κ3) is 2.56. The van der Waals surface area contributed by atoms with Gasteiger partial charge in [-0.1, -0.05) is 17.7 Å². The van der Waals surface area contributed by atoms with Gasteiger partial charge < -0.3 is 5.73 Å². The predicted molar refractivity (Wildman–Crippen MR) is 75.8 cm³/mol. The van der Waals surface area contributed by atoms with Crippen LogP contribution in [0.4, 0.5) is 5.69 Å². The van der Waals surface area contributed by atoms with E-state index in [2.05, 4.69) is 5.10 Å². The third-order valence-corrected chi connectivity index (χ3v) is 3.45. The fourth-order valence-corrected chi connectivity index (χ4v) is 1.89. The van der Waals surface area contributed by atoms with E-state index < -0.39 is 0 Å². The molecule has 0 spiro atoms. The van der Waals surface area contributed by atoms with Gasteiger partial charge in [-0.05, 0) is 31.5 Å². The lowest BCUT2D eigenvalue weighted by Crippen LogP contribution is -2.33. The van der Waals surface area contributed by atoms with Crippen LogP contribution in [0.25, 0.3) is 0 Å². The van der Waals surface area contributed by atoms with Crippen LogP contribution in [0.15, 0.2) is 27.8 Å². The molecule has 0 atom stereocenters. The molecule has 19 heavy (non-hydrogen) atoms. The molecule has 5 nitrogen and oxygen atoms in total. The second kappa shape index (κ2) is 4.93. The van der Waals surface area contributed by atoms with E-state index in [1.165, 1.54) is 4.68 Å². The molecule has 0 amide bonds. The molecule has 2 rings (SSSR count). The van der Waals surface area contributed by atoms with Crippen molar-refractivity contribution in [1.82, 2.24) is 9.78 Å². The number of H-pyrrole nitrogens is 1. The normalized spacial score (nSPS) is 10.7. The van der Waals surface area contributed by atoms with Gasteiger partial charge in [0.25, 0.3) is 11.1 Å². The van der Waals surface area contributed by atoms with Crippen LogP contribution in [0.5, 0.6) is 0 Å². The predicted octanol–water partition coefficient (Wildman–Crippen LogP) is 1.44. The number of halogens is 1. The lowest BCUT2D eigenvalue weighted by Gasteiger charge is -2.09. The van der Waals surface area contributed by atoms with Gasteiger partial charge in [-0.15, -0.1) is 0 Å². The Morgan fingerprint density at radius 3 is 2.58 bits per heavy atom. The quantitative estimate of drug-likeness (QED) is 0.816. The van der Waals surface area contributed by atoms with Gasteiger partial charge in [-0.2, -0.15) is 0 Å². The molecule has 0 bridgehead atoms. The minimum absolute atomic E-state index is 0.217. The molecule has 1 heterocycles. The molecular formula is C13H14ClN3O2. The molecule has 0 aliphatic heterocycles. The largest absolute Gasteiger partial charge is 0.398 e. The minimum Gasteiger partial charge on any atom is -0.398 e. The van der Waals surface area contributed by atoms with Crippen molar-refractivity contribution in [2.75, 3.05) is 5.73 Å². The molecule has 100 valence electrons. The van der Waals surface area contributed by atoms with Crippen molar-refractivity contribution >= 4 is 17.3 Å². The van der Waals surface area contributed by atoms with E-state index >= 15 is 0 Å². The molecular weight excluding hydrogens is 266 g/mol. The average molecular weight is 280 g/mol. The second-order valence-corrected chi connectivity index (χ2v) is 4.85. The Kier molecular flexibility index (Phi) is 3.48. The molecule has 3 N–H and O–H groups in total. The number of hydrogen-bond donors (Lipinski definition) is 2. The molecule has 0 saturated carbocycles. The molecule has 0 radical (unpaired) electrons. The molecule has 0 fully saturated rings. The molecule has 0 saturated heterocycles. The Hall–Kier alpha value is -2.01. The van der Waals surface area contributed by atoms with Crippen LogP contribution in [0.2, 0.25) is 5.02 Å². The van der Waals surface area contributed by atoms with Gasteiger partial charge in [0.05, 0.1) is 17.3 Å². The Morgan fingerprint density at radius 2 is 1.95 bits per heavy atom. The van der Waals surface area contributed by atoms with Crippen LogP contribution in [-0.4, -0.2) is 9.78 Å². The topological polar surface area (TPSA) is 80.9 Å². The van der Waals surface area contributed by atoms with Crippen molar-refractivity contribution in [2.24, 2.45) is 0 Å². The summed E-state index contributed by atoms with van der Waals surface area (Å²) in [5.74, 6) is 0. The number of aromatic amines is 1. The second-order valence-electron chi connectivity index (χ2n) is 4.44. The first-order chi connectivity index (χ1) is 8.90. The summed E-state index contributed by atoms with van der Waals surface area (Å²) in [5.41, 5.74) is 7.35. The number of nitrogen functional groups attached to an aromatic ring is 1. The number of nitrogens with two attached hydrogens (primary N) is 1. The van der Waals surface area contributed by atoms with Crippen molar-refractivity contribution in [3.8, 4) is 0 Å². The van der Waals surface area contributed by atoms with Crippen LogP contribution in [-0.2, 0) is 6.54 Å². The van der Waals surface area contributed by atoms with Crippen LogP contribution in [0, 0.1) is 13.8 Å². The molecule has 0 aliphatic carbocycles. The highest BCUT2D eigenvalue weighted by Crippen LogP contribution is 2.19. The Bertz CT molecular complexity index is 747. The summed E-state index contributed by atoms with van der Waals surface area (Å²) in [6, 6.07) is 5.11. The van der Waals surface area contributed by atoms with Gasteiger partial charge in [0.15, 0.2) is 0 Å². The fourth-order valence-electron chi connectivity index (χ4n) is 1.78. The fraction of sp³-hybridized carbons (Fsp3) is 0.231. The summed E-state index contributed by atoms with van der Waals surface area (Å²) < 4.78 is 1.27. The number of nitrogens with zero attached hydrogens (tertiary/aromatic N) is 1. The smallest absolute Gasteiger partial charge is 0.268 e. The molecule has 2 aromatic rings. The first-order valence-corrected chi connectivity index (χ1v) is 6.12. The molecule has 1 aromatic carbocycles. The number of rotatable bonds is 2. The zero-order valence-corrected chi connectivity index (χ0v) is 11.4. The van der Waals surface area contributed by atoms with Crippen LogP contribution in [0.3, 0.4) is 0 Å². The standard InChI is InChI=1S/C13H14ClN3O2/c1-7-8(2)13(19)17(16-12(7)18)6-9-3-4-10(14)11(15)5-9/h3-5H,6,15H2,1-2H3,(H,16,18). The number of benzene rings is 1. The van der Waals surface area contributed by atoms with Crippen LogP contribution in [0.1, 0.15) is 16.7 Å². The van der Waals surface area contributed by atoms with E-state index in [0.29, 0.717) is 21.8 Å². The maximum atomic E-state index is 12.0. The lowest BCUT2D eigenvalue weighted by atomic mass is 10.2. The Labute approximate surface area is 114 Å². The Morgan fingerprint density at radius 1 is 1.26 bits per heavy atom. The molecule has 1 aromatic heterocycles. The van der Waals surface area contributed by atoms with Gasteiger partial charge in [0.2, 0.25) is 0 Å². The molecule has 0 unspecified atom stereocenters. The zero-order chi connectivity index (χ0) is 14.2. The van der Waals surface area contributed by atoms with Crippen molar-refractivity contribution < 1.29 is 0 Å². The minimum atomic E-state index is -0.265. The summed E-state index contributed by atoms with van der Waals surface area (Å²) in [7, 11) is 0. The molecule has 6 heteroatoms. The summed E-state index contributed by atoms with van der Waals surface area (Å²) in [5, 5.41) is 3.00. The van der Waals surface area contributed by atoms with Crippen molar-refractivity contribution in [3.63, 3.8) is 0 Å². The van der Waals surface area contributed by atoms with Crippen LogP contribution < -0.4 is 16.9 Å². The van der Waals surface area contributed by atoms with Gasteiger partial charge in [-0.25, -0.2) is 4.68 Å². The average Bonchev–Trinajstić information content (AvgIpc) is 2.38. The highest BCUT2D eigenvalue weighted by molar-refractivity contribution is 6.33. The summed E-state index contributed by atoms with van der Waals surface area (Å²) in [6.07, 6.45) is 0. The SMILES string of the molecule is Cc1c(C)c(=O)n(Cc2ccc(Cl)c(N)c2)[nH]c1=O. The zero-order valence-electron chi connectivity index (χ0n) is 10.7. The van der Waals surface area contributed by atoms with Crippen molar-refractivity contribution in [1.29, 1.82) is 0 Å². The van der Waals surface area contributed by atoms with E-state index in [1.54, 1.807) is 32.0 Å². The Balaban J connectivity index is 2.47.